The molecule has 1 N–H and O–H groups in total. The van der Waals surface area contributed by atoms with Gasteiger partial charge in [0.2, 0.25) is 11.8 Å². The first-order valence-electron chi connectivity index (χ1n) is 7.99. The summed E-state index contributed by atoms with van der Waals surface area (Å²) in [6, 6.07) is 7.17. The highest BCUT2D eigenvalue weighted by Crippen LogP contribution is 2.30. The lowest BCUT2D eigenvalue weighted by Crippen LogP contribution is -2.45. The average molecular weight is 321 g/mol. The van der Waals surface area contributed by atoms with E-state index >= 15 is 0 Å². The van der Waals surface area contributed by atoms with E-state index in [9.17, 15) is 9.59 Å². The molecular formula is C17H21ClN2O2. The fourth-order valence-electron chi connectivity index (χ4n) is 3.09. The van der Waals surface area contributed by atoms with E-state index in [2.05, 4.69) is 5.32 Å². The number of anilines is 1. The lowest BCUT2D eigenvalue weighted by molar-refractivity contribution is -0.140. The Bertz CT molecular complexity index is 564. The van der Waals surface area contributed by atoms with Crippen LogP contribution in [0.3, 0.4) is 0 Å². The zero-order chi connectivity index (χ0) is 15.5. The molecule has 1 heterocycles. The van der Waals surface area contributed by atoms with Gasteiger partial charge in [0, 0.05) is 35.6 Å². The Hall–Kier alpha value is -1.55. The Labute approximate surface area is 135 Å². The largest absolute Gasteiger partial charge is 0.342 e. The highest BCUT2D eigenvalue weighted by molar-refractivity contribution is 6.30. The van der Waals surface area contributed by atoms with Crippen molar-refractivity contribution in [1.29, 1.82) is 0 Å². The van der Waals surface area contributed by atoms with Gasteiger partial charge in [-0.1, -0.05) is 24.1 Å². The van der Waals surface area contributed by atoms with E-state index in [0.717, 1.165) is 31.4 Å². The zero-order valence-electron chi connectivity index (χ0n) is 12.6. The summed E-state index contributed by atoms with van der Waals surface area (Å²) in [7, 11) is 0. The number of halogens is 1. The van der Waals surface area contributed by atoms with Gasteiger partial charge in [0.15, 0.2) is 0 Å². The number of amides is 2. The molecule has 2 aliphatic rings. The summed E-state index contributed by atoms with van der Waals surface area (Å²) in [5.74, 6) is 0.541. The monoisotopic (exact) mass is 320 g/mol. The van der Waals surface area contributed by atoms with Gasteiger partial charge in [0.05, 0.1) is 0 Å². The molecule has 0 radical (unpaired) electrons. The highest BCUT2D eigenvalue weighted by Gasteiger charge is 2.33. The maximum atomic E-state index is 12.3. The van der Waals surface area contributed by atoms with Crippen LogP contribution in [0.5, 0.6) is 0 Å². The van der Waals surface area contributed by atoms with E-state index in [1.165, 1.54) is 6.42 Å². The third-order valence-corrected chi connectivity index (χ3v) is 4.96. The summed E-state index contributed by atoms with van der Waals surface area (Å²) in [6.45, 7) is 1.39. The lowest BCUT2D eigenvalue weighted by Gasteiger charge is -2.36. The number of nitrogens with zero attached hydrogens (tertiary/aromatic N) is 1. The van der Waals surface area contributed by atoms with Gasteiger partial charge in [-0.2, -0.15) is 0 Å². The van der Waals surface area contributed by atoms with Crippen molar-refractivity contribution in [3.63, 3.8) is 0 Å². The summed E-state index contributed by atoms with van der Waals surface area (Å²) in [5, 5.41) is 3.52. The van der Waals surface area contributed by atoms with Crippen LogP contribution in [0.15, 0.2) is 24.3 Å². The third-order valence-electron chi connectivity index (χ3n) is 4.72. The van der Waals surface area contributed by atoms with Gasteiger partial charge in [0.1, 0.15) is 0 Å². The van der Waals surface area contributed by atoms with E-state index < -0.39 is 0 Å². The Balaban J connectivity index is 1.50. The molecule has 1 aliphatic heterocycles. The molecule has 0 aromatic heterocycles. The Morgan fingerprint density at radius 1 is 1.09 bits per heavy atom. The molecule has 1 saturated carbocycles. The van der Waals surface area contributed by atoms with Crippen LogP contribution in [-0.4, -0.2) is 29.8 Å². The number of carbonyl (C=O) groups is 2. The molecule has 0 atom stereocenters. The van der Waals surface area contributed by atoms with Crippen LogP contribution in [0.4, 0.5) is 5.69 Å². The predicted octanol–water partition coefficient (Wildman–Crippen LogP) is 3.32. The SMILES string of the molecule is O=C(Nc1cccc(Cl)c1)C1CCN(C(=O)C2CCC2)CC1. The van der Waals surface area contributed by atoms with Gasteiger partial charge in [-0.25, -0.2) is 0 Å². The van der Waals surface area contributed by atoms with Crippen molar-refractivity contribution >= 4 is 29.1 Å². The summed E-state index contributed by atoms with van der Waals surface area (Å²) in [5.41, 5.74) is 0.727. The molecule has 4 nitrogen and oxygen atoms in total. The van der Waals surface area contributed by atoms with E-state index in [4.69, 9.17) is 11.6 Å². The van der Waals surface area contributed by atoms with Gasteiger partial charge in [-0.3, -0.25) is 9.59 Å². The van der Waals surface area contributed by atoms with Crippen molar-refractivity contribution in [2.24, 2.45) is 11.8 Å². The molecule has 1 aromatic rings. The van der Waals surface area contributed by atoms with Crippen molar-refractivity contribution in [3.05, 3.63) is 29.3 Å². The topological polar surface area (TPSA) is 49.4 Å². The Morgan fingerprint density at radius 2 is 1.82 bits per heavy atom. The van der Waals surface area contributed by atoms with Crippen LogP contribution in [0.2, 0.25) is 5.02 Å². The molecule has 3 rings (SSSR count). The van der Waals surface area contributed by atoms with Crippen LogP contribution in [0, 0.1) is 11.8 Å². The molecule has 5 heteroatoms. The molecule has 118 valence electrons. The quantitative estimate of drug-likeness (QED) is 0.928. The highest BCUT2D eigenvalue weighted by atomic mass is 35.5. The number of hydrogen-bond acceptors (Lipinski definition) is 2. The van der Waals surface area contributed by atoms with Gasteiger partial charge in [-0.15, -0.1) is 0 Å². The van der Waals surface area contributed by atoms with Crippen molar-refractivity contribution in [2.75, 3.05) is 18.4 Å². The molecule has 1 saturated heterocycles. The molecule has 2 fully saturated rings. The molecule has 0 spiro atoms. The number of nitrogens with one attached hydrogen (secondary N) is 1. The zero-order valence-corrected chi connectivity index (χ0v) is 13.3. The second-order valence-electron chi connectivity index (χ2n) is 6.23. The van der Waals surface area contributed by atoms with E-state index in [1.807, 2.05) is 17.0 Å². The average Bonchev–Trinajstić information content (AvgIpc) is 2.45. The minimum absolute atomic E-state index is 0.0237. The van der Waals surface area contributed by atoms with Crippen LogP contribution in [0.1, 0.15) is 32.1 Å². The van der Waals surface area contributed by atoms with Crippen LogP contribution in [-0.2, 0) is 9.59 Å². The van der Waals surface area contributed by atoms with Crippen molar-refractivity contribution in [2.45, 2.75) is 32.1 Å². The molecule has 1 aromatic carbocycles. The summed E-state index contributed by atoms with van der Waals surface area (Å²) >= 11 is 5.92. The standard InChI is InChI=1S/C17H21ClN2O2/c18-14-5-2-6-15(11-14)19-16(21)12-7-9-20(10-8-12)17(22)13-3-1-4-13/h2,5-6,11-13H,1,3-4,7-10H2,(H,19,21). The number of likely N-dealkylation sites (tertiary alicyclic amines) is 1. The van der Waals surface area contributed by atoms with Crippen LogP contribution in [0.25, 0.3) is 0 Å². The first-order chi connectivity index (χ1) is 10.6. The number of hydrogen-bond donors (Lipinski definition) is 1. The molecule has 22 heavy (non-hydrogen) atoms. The maximum Gasteiger partial charge on any atom is 0.227 e. The maximum absolute atomic E-state index is 12.3. The van der Waals surface area contributed by atoms with Gasteiger partial charge >= 0.3 is 0 Å². The van der Waals surface area contributed by atoms with Gasteiger partial charge in [-0.05, 0) is 43.9 Å². The minimum atomic E-state index is -0.0237. The van der Waals surface area contributed by atoms with E-state index in [1.54, 1.807) is 12.1 Å². The summed E-state index contributed by atoms with van der Waals surface area (Å²) in [4.78, 5) is 26.4. The van der Waals surface area contributed by atoms with E-state index in [0.29, 0.717) is 24.0 Å². The molecule has 1 aliphatic carbocycles. The second-order valence-corrected chi connectivity index (χ2v) is 6.66. The Morgan fingerprint density at radius 3 is 2.41 bits per heavy atom. The number of benzene rings is 1. The fraction of sp³-hybridized carbons (Fsp3) is 0.529. The number of piperidine rings is 1. The first kappa shape index (κ1) is 15.3. The van der Waals surface area contributed by atoms with Crippen LogP contribution >= 0.6 is 11.6 Å². The smallest absolute Gasteiger partial charge is 0.227 e. The van der Waals surface area contributed by atoms with E-state index in [-0.39, 0.29) is 17.7 Å². The first-order valence-corrected chi connectivity index (χ1v) is 8.36. The Kier molecular flexibility index (Phi) is 4.67. The third kappa shape index (κ3) is 3.43. The second kappa shape index (κ2) is 6.69. The van der Waals surface area contributed by atoms with Crippen molar-refractivity contribution < 1.29 is 9.59 Å². The molecule has 2 amide bonds. The summed E-state index contributed by atoms with van der Waals surface area (Å²) in [6.07, 6.45) is 4.73. The fourth-order valence-corrected chi connectivity index (χ4v) is 3.28. The molecular weight excluding hydrogens is 300 g/mol. The number of carbonyl (C=O) groups excluding carboxylic acids is 2. The summed E-state index contributed by atoms with van der Waals surface area (Å²) < 4.78 is 0. The normalized spacial score (nSPS) is 19.6. The molecule has 0 unspecified atom stereocenters. The molecule has 0 bridgehead atoms. The lowest BCUT2D eigenvalue weighted by atomic mass is 9.83. The minimum Gasteiger partial charge on any atom is -0.342 e. The van der Waals surface area contributed by atoms with Crippen molar-refractivity contribution in [3.8, 4) is 0 Å². The van der Waals surface area contributed by atoms with Crippen molar-refractivity contribution in [1.82, 2.24) is 4.90 Å². The predicted molar refractivity (Wildman–Crippen MR) is 86.7 cm³/mol. The van der Waals surface area contributed by atoms with Gasteiger partial charge < -0.3 is 10.2 Å². The van der Waals surface area contributed by atoms with Gasteiger partial charge in [0.25, 0.3) is 0 Å². The van der Waals surface area contributed by atoms with Crippen LogP contribution < -0.4 is 5.32 Å². The number of rotatable bonds is 3.